The van der Waals surface area contributed by atoms with Gasteiger partial charge in [0.05, 0.1) is 25.6 Å². The highest BCUT2D eigenvalue weighted by molar-refractivity contribution is 5.76. The summed E-state index contributed by atoms with van der Waals surface area (Å²) in [5.41, 5.74) is 0. The minimum absolute atomic E-state index is 0.0221. The monoisotopic (exact) mass is 305 g/mol. The highest BCUT2D eigenvalue weighted by Crippen LogP contribution is 2.20. The molecule has 1 aliphatic rings. The van der Waals surface area contributed by atoms with Crippen molar-refractivity contribution in [1.82, 2.24) is 14.7 Å². The first kappa shape index (κ1) is 15.8. The maximum absolute atomic E-state index is 12.0. The zero-order valence-corrected chi connectivity index (χ0v) is 11.6. The van der Waals surface area contributed by atoms with Crippen LogP contribution in [0.25, 0.3) is 0 Å². The summed E-state index contributed by atoms with van der Waals surface area (Å²) in [6.07, 6.45) is 0.917. The van der Waals surface area contributed by atoms with E-state index in [1.807, 2.05) is 12.3 Å². The Kier molecular flexibility index (Phi) is 5.22. The van der Waals surface area contributed by atoms with Crippen LogP contribution in [0.4, 0.5) is 13.2 Å². The first-order valence-electron chi connectivity index (χ1n) is 6.87. The second kappa shape index (κ2) is 6.93. The molecule has 0 aromatic carbocycles. The maximum Gasteiger partial charge on any atom is 0.411 e. The molecule has 0 bridgehead atoms. The Bertz CT molecular complexity index is 448. The molecule has 1 atom stereocenters. The first-order chi connectivity index (χ1) is 9.96. The predicted octanol–water partition coefficient (Wildman–Crippen LogP) is 1.84. The molecule has 8 heteroatoms. The van der Waals surface area contributed by atoms with Crippen LogP contribution in [-0.2, 0) is 16.1 Å². The number of carbonyl (C=O) groups excluding carboxylic acids is 1. The van der Waals surface area contributed by atoms with E-state index in [-0.39, 0.29) is 25.0 Å². The summed E-state index contributed by atoms with van der Waals surface area (Å²) < 4.78 is 42.0. The first-order valence-corrected chi connectivity index (χ1v) is 6.87. The van der Waals surface area contributed by atoms with Crippen molar-refractivity contribution in [2.75, 3.05) is 19.8 Å². The van der Waals surface area contributed by atoms with Crippen LogP contribution in [0.3, 0.4) is 0 Å². The highest BCUT2D eigenvalue weighted by atomic mass is 19.4. The number of likely N-dealkylation sites (tertiary alicyclic amines) is 1. The number of alkyl halides is 3. The minimum Gasteiger partial charge on any atom is -0.372 e. The molecule has 0 radical (unpaired) electrons. The third kappa shape index (κ3) is 5.04. The summed E-state index contributed by atoms with van der Waals surface area (Å²) in [4.78, 5) is 13.8. The Morgan fingerprint density at radius 2 is 2.24 bits per heavy atom. The van der Waals surface area contributed by atoms with E-state index in [0.717, 1.165) is 12.8 Å². The molecule has 1 unspecified atom stereocenters. The smallest absolute Gasteiger partial charge is 0.372 e. The van der Waals surface area contributed by atoms with Gasteiger partial charge in [-0.1, -0.05) is 0 Å². The normalized spacial score (nSPS) is 19.2. The fourth-order valence-electron chi connectivity index (χ4n) is 2.47. The Labute approximate surface area is 120 Å². The van der Waals surface area contributed by atoms with E-state index >= 15 is 0 Å². The third-order valence-corrected chi connectivity index (χ3v) is 3.38. The van der Waals surface area contributed by atoms with Crippen LogP contribution < -0.4 is 0 Å². The fraction of sp³-hybridized carbons (Fsp3) is 0.692. The average molecular weight is 305 g/mol. The van der Waals surface area contributed by atoms with Gasteiger partial charge in [-0.2, -0.15) is 18.3 Å². The summed E-state index contributed by atoms with van der Waals surface area (Å²) in [5, 5.41) is 4.10. The van der Waals surface area contributed by atoms with E-state index in [9.17, 15) is 18.0 Å². The van der Waals surface area contributed by atoms with Crippen LogP contribution in [0.2, 0.25) is 0 Å². The van der Waals surface area contributed by atoms with Crippen molar-refractivity contribution in [3.05, 3.63) is 18.5 Å². The number of rotatable bonds is 6. The Morgan fingerprint density at radius 1 is 1.43 bits per heavy atom. The largest absolute Gasteiger partial charge is 0.411 e. The van der Waals surface area contributed by atoms with Crippen LogP contribution >= 0.6 is 0 Å². The Balaban J connectivity index is 1.75. The molecular formula is C13H18F3N3O2. The highest BCUT2D eigenvalue weighted by Gasteiger charge is 2.30. The van der Waals surface area contributed by atoms with E-state index in [0.29, 0.717) is 13.1 Å². The summed E-state index contributed by atoms with van der Waals surface area (Å²) in [7, 11) is 0. The maximum atomic E-state index is 12.0. The van der Waals surface area contributed by atoms with Gasteiger partial charge in [0.2, 0.25) is 5.91 Å². The molecule has 1 amide bonds. The lowest BCUT2D eigenvalue weighted by molar-refractivity contribution is -0.175. The molecule has 118 valence electrons. The number of amides is 1. The molecule has 21 heavy (non-hydrogen) atoms. The molecule has 5 nitrogen and oxygen atoms in total. The summed E-state index contributed by atoms with van der Waals surface area (Å²) >= 11 is 0. The summed E-state index contributed by atoms with van der Waals surface area (Å²) in [6.45, 7) is -0.257. The van der Waals surface area contributed by atoms with E-state index in [1.165, 1.54) is 0 Å². The minimum atomic E-state index is -4.35. The molecule has 1 aliphatic heterocycles. The number of hydrogen-bond acceptors (Lipinski definition) is 3. The van der Waals surface area contributed by atoms with Gasteiger partial charge >= 0.3 is 6.18 Å². The second-order valence-electron chi connectivity index (χ2n) is 5.03. The van der Waals surface area contributed by atoms with Crippen molar-refractivity contribution < 1.29 is 22.7 Å². The lowest BCUT2D eigenvalue weighted by Crippen LogP contribution is -2.38. The molecule has 0 aliphatic carbocycles. The molecule has 0 spiro atoms. The van der Waals surface area contributed by atoms with Crippen molar-refractivity contribution in [3.63, 3.8) is 0 Å². The van der Waals surface area contributed by atoms with Crippen molar-refractivity contribution in [1.29, 1.82) is 0 Å². The van der Waals surface area contributed by atoms with Crippen molar-refractivity contribution in [2.24, 2.45) is 0 Å². The van der Waals surface area contributed by atoms with Crippen molar-refractivity contribution in [2.45, 2.75) is 38.0 Å². The lowest BCUT2D eigenvalue weighted by Gasteiger charge is -2.24. The van der Waals surface area contributed by atoms with Gasteiger partial charge in [-0.05, 0) is 18.9 Å². The topological polar surface area (TPSA) is 47.4 Å². The zero-order chi connectivity index (χ0) is 15.3. The van der Waals surface area contributed by atoms with Crippen LogP contribution in [-0.4, -0.2) is 52.6 Å². The molecule has 1 fully saturated rings. The fourth-order valence-corrected chi connectivity index (χ4v) is 2.47. The number of carbonyl (C=O) groups is 1. The molecule has 0 saturated carbocycles. The predicted molar refractivity (Wildman–Crippen MR) is 68.5 cm³/mol. The van der Waals surface area contributed by atoms with Gasteiger partial charge in [0.25, 0.3) is 0 Å². The zero-order valence-electron chi connectivity index (χ0n) is 11.6. The second-order valence-corrected chi connectivity index (χ2v) is 5.03. The summed E-state index contributed by atoms with van der Waals surface area (Å²) in [6, 6.07) is 1.87. The quantitative estimate of drug-likeness (QED) is 0.754. The molecular weight excluding hydrogens is 287 g/mol. The molecule has 1 saturated heterocycles. The van der Waals surface area contributed by atoms with Crippen molar-refractivity contribution >= 4 is 5.91 Å². The number of hydrogen-bond donors (Lipinski definition) is 0. The molecule has 1 aromatic rings. The van der Waals surface area contributed by atoms with Crippen LogP contribution in [0.15, 0.2) is 18.5 Å². The van der Waals surface area contributed by atoms with Gasteiger partial charge in [-0.3, -0.25) is 9.48 Å². The van der Waals surface area contributed by atoms with Gasteiger partial charge < -0.3 is 9.64 Å². The lowest BCUT2D eigenvalue weighted by atomic mass is 10.2. The average Bonchev–Trinajstić information content (AvgIpc) is 3.05. The van der Waals surface area contributed by atoms with Crippen molar-refractivity contribution in [3.8, 4) is 0 Å². The van der Waals surface area contributed by atoms with Crippen LogP contribution in [0, 0.1) is 0 Å². The third-order valence-electron chi connectivity index (χ3n) is 3.38. The SMILES string of the molecule is O=C(CCOCC(F)(F)F)N1CCCC1Cn1cccn1. The standard InChI is InChI=1S/C13H18F3N3O2/c14-13(15,16)10-21-8-4-12(20)19-7-1-3-11(19)9-18-6-2-5-17-18/h2,5-6,11H,1,3-4,7-10H2. The van der Waals surface area contributed by atoms with Gasteiger partial charge in [0.15, 0.2) is 0 Å². The van der Waals surface area contributed by atoms with Gasteiger partial charge in [0.1, 0.15) is 6.61 Å². The Hall–Kier alpha value is -1.57. The van der Waals surface area contributed by atoms with E-state index in [1.54, 1.807) is 15.8 Å². The van der Waals surface area contributed by atoms with E-state index in [2.05, 4.69) is 9.84 Å². The van der Waals surface area contributed by atoms with Crippen LogP contribution in [0.1, 0.15) is 19.3 Å². The Morgan fingerprint density at radius 3 is 2.90 bits per heavy atom. The molecule has 0 N–H and O–H groups in total. The van der Waals surface area contributed by atoms with Gasteiger partial charge in [-0.25, -0.2) is 0 Å². The van der Waals surface area contributed by atoms with E-state index in [4.69, 9.17) is 0 Å². The van der Waals surface area contributed by atoms with Gasteiger partial charge in [0, 0.05) is 18.9 Å². The van der Waals surface area contributed by atoms with Gasteiger partial charge in [-0.15, -0.1) is 0 Å². The summed E-state index contributed by atoms with van der Waals surface area (Å²) in [5.74, 6) is -0.160. The van der Waals surface area contributed by atoms with E-state index < -0.39 is 12.8 Å². The number of nitrogens with zero attached hydrogens (tertiary/aromatic N) is 3. The number of aromatic nitrogens is 2. The molecule has 2 rings (SSSR count). The molecule has 2 heterocycles. The number of halogens is 3. The number of ether oxygens (including phenoxy) is 1. The molecule has 1 aromatic heterocycles. The van der Waals surface area contributed by atoms with Crippen LogP contribution in [0.5, 0.6) is 0 Å².